The third-order valence-corrected chi connectivity index (χ3v) is 2.80. The van der Waals surface area contributed by atoms with Gasteiger partial charge in [0.2, 0.25) is 0 Å². The van der Waals surface area contributed by atoms with E-state index in [1.54, 1.807) is 31.2 Å². The highest BCUT2D eigenvalue weighted by atomic mass is 35.5. The lowest BCUT2D eigenvalue weighted by molar-refractivity contribution is -0.00335. The van der Waals surface area contributed by atoms with Crippen LogP contribution in [0.15, 0.2) is 24.3 Å². The molecule has 18 heavy (non-hydrogen) atoms. The third-order valence-electron chi connectivity index (χ3n) is 2.49. The van der Waals surface area contributed by atoms with E-state index >= 15 is 0 Å². The number of carbonyl (C=O) groups excluding carboxylic acids is 1. The zero-order chi connectivity index (χ0) is 13.7. The second-order valence-corrected chi connectivity index (χ2v) is 4.60. The first kappa shape index (κ1) is 14.8. The molecule has 1 atom stereocenters. The average molecular weight is 272 g/mol. The van der Waals surface area contributed by atoms with Crippen LogP contribution in [0.2, 0.25) is 5.02 Å². The Morgan fingerprint density at radius 3 is 2.56 bits per heavy atom. The normalized spacial score (nSPS) is 12.3. The number of rotatable bonds is 4. The van der Waals surface area contributed by atoms with Crippen molar-refractivity contribution in [2.75, 3.05) is 0 Å². The molecular formula is C13H18ClNO3. The first-order valence-corrected chi connectivity index (χ1v) is 6.27. The van der Waals surface area contributed by atoms with Gasteiger partial charge >= 0.3 is 6.09 Å². The fourth-order valence-electron chi connectivity index (χ4n) is 1.55. The van der Waals surface area contributed by atoms with Gasteiger partial charge in [0.15, 0.2) is 5.75 Å². The summed E-state index contributed by atoms with van der Waals surface area (Å²) in [5, 5.41) is 10.2. The van der Waals surface area contributed by atoms with Gasteiger partial charge in [0, 0.05) is 6.04 Å². The lowest BCUT2D eigenvalue weighted by Gasteiger charge is -2.30. The maximum atomic E-state index is 12.0. The molecule has 4 nitrogen and oxygen atoms in total. The van der Waals surface area contributed by atoms with Gasteiger partial charge in [0.05, 0.1) is 5.02 Å². The standard InChI is InChI=1S/C13H18ClNO3/c1-4-12(16)15(9(2)3)13(17)18-11-8-6-5-7-10(11)14/h5-9,12,16H,4H2,1-3H3. The Morgan fingerprint density at radius 1 is 1.44 bits per heavy atom. The summed E-state index contributed by atoms with van der Waals surface area (Å²) in [4.78, 5) is 13.3. The fourth-order valence-corrected chi connectivity index (χ4v) is 1.72. The van der Waals surface area contributed by atoms with E-state index in [1.807, 2.05) is 13.8 Å². The number of para-hydroxylation sites is 1. The monoisotopic (exact) mass is 271 g/mol. The zero-order valence-corrected chi connectivity index (χ0v) is 11.5. The fraction of sp³-hybridized carbons (Fsp3) is 0.462. The van der Waals surface area contributed by atoms with Gasteiger partial charge < -0.3 is 9.84 Å². The molecular weight excluding hydrogens is 254 g/mol. The summed E-state index contributed by atoms with van der Waals surface area (Å²) in [5.74, 6) is 0.290. The lowest BCUT2D eigenvalue weighted by atomic mass is 10.3. The summed E-state index contributed by atoms with van der Waals surface area (Å²) in [6.07, 6.45) is -1.03. The van der Waals surface area contributed by atoms with E-state index in [9.17, 15) is 9.90 Å². The van der Waals surface area contributed by atoms with Gasteiger partial charge in [-0.05, 0) is 32.4 Å². The van der Waals surface area contributed by atoms with Crippen LogP contribution < -0.4 is 4.74 Å². The van der Waals surface area contributed by atoms with Crippen molar-refractivity contribution in [3.63, 3.8) is 0 Å². The molecule has 1 aromatic carbocycles. The van der Waals surface area contributed by atoms with Gasteiger partial charge in [-0.1, -0.05) is 30.7 Å². The quantitative estimate of drug-likeness (QED) is 0.855. The maximum absolute atomic E-state index is 12.0. The first-order chi connectivity index (χ1) is 8.47. The minimum Gasteiger partial charge on any atom is -0.409 e. The van der Waals surface area contributed by atoms with Crippen LogP contribution in [0.3, 0.4) is 0 Å². The van der Waals surface area contributed by atoms with E-state index in [2.05, 4.69) is 0 Å². The Hall–Kier alpha value is -1.26. The van der Waals surface area contributed by atoms with Crippen molar-refractivity contribution in [2.24, 2.45) is 0 Å². The first-order valence-electron chi connectivity index (χ1n) is 5.90. The van der Waals surface area contributed by atoms with Gasteiger partial charge in [-0.25, -0.2) is 4.79 Å². The molecule has 1 rings (SSSR count). The molecule has 0 saturated heterocycles. The van der Waals surface area contributed by atoms with Crippen molar-refractivity contribution in [1.82, 2.24) is 4.90 Å². The number of carbonyl (C=O) groups is 1. The molecule has 1 unspecified atom stereocenters. The highest BCUT2D eigenvalue weighted by Gasteiger charge is 2.25. The summed E-state index contributed by atoms with van der Waals surface area (Å²) in [6.45, 7) is 5.42. The van der Waals surface area contributed by atoms with Crippen LogP contribution in [0.5, 0.6) is 5.75 Å². The minimum absolute atomic E-state index is 0.157. The largest absolute Gasteiger partial charge is 0.417 e. The van der Waals surface area contributed by atoms with Crippen LogP contribution in [-0.2, 0) is 0 Å². The summed E-state index contributed by atoms with van der Waals surface area (Å²) >= 11 is 5.91. The van der Waals surface area contributed by atoms with Crippen molar-refractivity contribution >= 4 is 17.7 Å². The van der Waals surface area contributed by atoms with Gasteiger partial charge in [-0.3, -0.25) is 4.90 Å². The molecule has 0 bridgehead atoms. The molecule has 0 saturated carbocycles. The van der Waals surface area contributed by atoms with Gasteiger partial charge in [0.25, 0.3) is 0 Å². The van der Waals surface area contributed by atoms with Crippen LogP contribution >= 0.6 is 11.6 Å². The van der Waals surface area contributed by atoms with Gasteiger partial charge in [-0.15, -0.1) is 0 Å². The molecule has 0 heterocycles. The van der Waals surface area contributed by atoms with Crippen LogP contribution in [0.4, 0.5) is 4.79 Å². The molecule has 0 aromatic heterocycles. The highest BCUT2D eigenvalue weighted by Crippen LogP contribution is 2.24. The summed E-state index contributed by atoms with van der Waals surface area (Å²) < 4.78 is 5.19. The predicted octanol–water partition coefficient (Wildman–Crippen LogP) is 3.28. The Morgan fingerprint density at radius 2 is 2.06 bits per heavy atom. The molecule has 0 aliphatic rings. The number of hydrogen-bond donors (Lipinski definition) is 1. The van der Waals surface area contributed by atoms with E-state index in [0.717, 1.165) is 0 Å². The van der Waals surface area contributed by atoms with E-state index in [0.29, 0.717) is 11.4 Å². The Bertz CT molecular complexity index is 409. The molecule has 0 spiro atoms. The maximum Gasteiger partial charge on any atom is 0.417 e. The highest BCUT2D eigenvalue weighted by molar-refractivity contribution is 6.32. The molecule has 0 radical (unpaired) electrons. The van der Waals surface area contributed by atoms with Crippen molar-refractivity contribution in [3.8, 4) is 5.75 Å². The van der Waals surface area contributed by atoms with E-state index in [4.69, 9.17) is 16.3 Å². The Kier molecular flexibility index (Phi) is 5.44. The lowest BCUT2D eigenvalue weighted by Crippen LogP contribution is -2.46. The molecule has 1 aromatic rings. The van der Waals surface area contributed by atoms with E-state index in [1.165, 1.54) is 4.90 Å². The number of aliphatic hydroxyl groups is 1. The number of amides is 1. The van der Waals surface area contributed by atoms with Crippen molar-refractivity contribution in [1.29, 1.82) is 0 Å². The Balaban J connectivity index is 2.83. The number of hydrogen-bond acceptors (Lipinski definition) is 3. The smallest absolute Gasteiger partial charge is 0.409 e. The SMILES string of the molecule is CCC(O)N(C(=O)Oc1ccccc1Cl)C(C)C. The second-order valence-electron chi connectivity index (χ2n) is 4.19. The molecule has 0 aliphatic heterocycles. The predicted molar refractivity (Wildman–Crippen MR) is 70.7 cm³/mol. The van der Waals surface area contributed by atoms with Crippen LogP contribution in [0.25, 0.3) is 0 Å². The number of aliphatic hydroxyl groups excluding tert-OH is 1. The van der Waals surface area contributed by atoms with Gasteiger partial charge in [-0.2, -0.15) is 0 Å². The summed E-state index contributed by atoms with van der Waals surface area (Å²) in [5.41, 5.74) is 0. The molecule has 0 aliphatic carbocycles. The van der Waals surface area contributed by atoms with Gasteiger partial charge in [0.1, 0.15) is 6.23 Å². The van der Waals surface area contributed by atoms with Crippen LogP contribution in [0.1, 0.15) is 27.2 Å². The number of ether oxygens (including phenoxy) is 1. The van der Waals surface area contributed by atoms with Crippen molar-refractivity contribution in [2.45, 2.75) is 39.5 Å². The number of nitrogens with zero attached hydrogens (tertiary/aromatic N) is 1. The topological polar surface area (TPSA) is 49.8 Å². The molecule has 5 heteroatoms. The second kappa shape index (κ2) is 6.61. The summed E-state index contributed by atoms with van der Waals surface area (Å²) in [7, 11) is 0. The van der Waals surface area contributed by atoms with E-state index in [-0.39, 0.29) is 11.8 Å². The van der Waals surface area contributed by atoms with Crippen LogP contribution in [0, 0.1) is 0 Å². The molecule has 0 fully saturated rings. The Labute approximate surface area is 112 Å². The van der Waals surface area contributed by atoms with E-state index < -0.39 is 12.3 Å². The van der Waals surface area contributed by atoms with Crippen molar-refractivity contribution < 1.29 is 14.6 Å². The minimum atomic E-state index is -0.861. The third kappa shape index (κ3) is 3.62. The molecule has 1 amide bonds. The van der Waals surface area contributed by atoms with Crippen molar-refractivity contribution in [3.05, 3.63) is 29.3 Å². The number of halogens is 1. The average Bonchev–Trinajstić information content (AvgIpc) is 2.31. The number of benzene rings is 1. The molecule has 100 valence electrons. The summed E-state index contributed by atoms with van der Waals surface area (Å²) in [6, 6.07) is 6.57. The molecule has 1 N–H and O–H groups in total. The zero-order valence-electron chi connectivity index (χ0n) is 10.8. The van der Waals surface area contributed by atoms with Crippen LogP contribution in [-0.4, -0.2) is 28.4 Å².